The van der Waals surface area contributed by atoms with Crippen molar-refractivity contribution in [2.75, 3.05) is 13.1 Å². The Hall–Kier alpha value is -1.69. The van der Waals surface area contributed by atoms with Gasteiger partial charge in [0.15, 0.2) is 0 Å². The van der Waals surface area contributed by atoms with Gasteiger partial charge in [-0.2, -0.15) is 0 Å². The number of carbonyl (C=O) groups excluding carboxylic acids is 1. The molecule has 0 bridgehead atoms. The molecule has 0 atom stereocenters. The van der Waals surface area contributed by atoms with Crippen LogP contribution in [0.1, 0.15) is 29.7 Å². The molecular weight excluding hydrogens is 286 g/mol. The molecule has 110 valence electrons. The molecule has 0 N–H and O–H groups in total. The van der Waals surface area contributed by atoms with E-state index in [2.05, 4.69) is 4.98 Å². The number of aryl methyl sites for hydroxylation is 2. The third-order valence-corrected chi connectivity index (χ3v) is 5.66. The maximum atomic E-state index is 12.7. The second-order valence-electron chi connectivity index (χ2n) is 5.80. The molecule has 1 aliphatic heterocycles. The molecule has 1 aliphatic carbocycles. The van der Waals surface area contributed by atoms with Gasteiger partial charge in [0.05, 0.1) is 11.7 Å². The number of nitrogens with zero attached hydrogens (tertiary/aromatic N) is 3. The molecule has 1 amide bonds. The molecule has 0 unspecified atom stereocenters. The highest BCUT2D eigenvalue weighted by atomic mass is 32.1. The number of hydrogen-bond acceptors (Lipinski definition) is 4. The first-order chi connectivity index (χ1) is 10.2. The molecular formula is C15H17N3O2S. The fraction of sp³-hybridized carbons (Fsp3) is 0.533. The molecule has 5 nitrogen and oxygen atoms in total. The van der Waals surface area contributed by atoms with Crippen LogP contribution in [-0.4, -0.2) is 33.4 Å². The van der Waals surface area contributed by atoms with Crippen LogP contribution < -0.4 is 5.56 Å². The minimum atomic E-state index is -0.0491. The van der Waals surface area contributed by atoms with Crippen LogP contribution in [0.15, 0.2) is 11.1 Å². The molecule has 0 aromatic carbocycles. The maximum Gasteiger partial charge on any atom is 0.262 e. The first kappa shape index (κ1) is 13.0. The molecule has 0 spiro atoms. The van der Waals surface area contributed by atoms with E-state index in [1.54, 1.807) is 11.3 Å². The second kappa shape index (κ2) is 4.94. The fourth-order valence-electron chi connectivity index (χ4n) is 3.34. The Morgan fingerprint density at radius 3 is 2.86 bits per heavy atom. The summed E-state index contributed by atoms with van der Waals surface area (Å²) in [6, 6.07) is 0. The van der Waals surface area contributed by atoms with Crippen molar-refractivity contribution in [2.45, 2.75) is 38.6 Å². The number of amides is 1. The molecule has 1 fully saturated rings. The van der Waals surface area contributed by atoms with Crippen LogP contribution in [0.25, 0.3) is 10.2 Å². The summed E-state index contributed by atoms with van der Waals surface area (Å²) in [5.41, 5.74) is 1.13. The van der Waals surface area contributed by atoms with E-state index in [1.165, 1.54) is 21.3 Å². The number of likely N-dealkylation sites (tertiary alicyclic amines) is 1. The normalized spacial score (nSPS) is 17.6. The highest BCUT2D eigenvalue weighted by molar-refractivity contribution is 7.18. The van der Waals surface area contributed by atoms with Crippen molar-refractivity contribution >= 4 is 27.5 Å². The zero-order chi connectivity index (χ0) is 14.4. The Balaban J connectivity index is 1.71. The van der Waals surface area contributed by atoms with Crippen molar-refractivity contribution in [1.82, 2.24) is 14.5 Å². The zero-order valence-electron chi connectivity index (χ0n) is 11.8. The summed E-state index contributed by atoms with van der Waals surface area (Å²) in [4.78, 5) is 33.2. The van der Waals surface area contributed by atoms with E-state index in [1.807, 2.05) is 4.90 Å². The van der Waals surface area contributed by atoms with Gasteiger partial charge in [-0.1, -0.05) is 0 Å². The molecule has 6 heteroatoms. The average molecular weight is 303 g/mol. The van der Waals surface area contributed by atoms with E-state index in [0.29, 0.717) is 0 Å². The smallest absolute Gasteiger partial charge is 0.262 e. The van der Waals surface area contributed by atoms with Gasteiger partial charge in [0, 0.05) is 18.0 Å². The van der Waals surface area contributed by atoms with E-state index in [4.69, 9.17) is 0 Å². The van der Waals surface area contributed by atoms with Crippen LogP contribution >= 0.6 is 11.3 Å². The van der Waals surface area contributed by atoms with Crippen LogP contribution in [0, 0.1) is 0 Å². The van der Waals surface area contributed by atoms with E-state index < -0.39 is 0 Å². The van der Waals surface area contributed by atoms with Gasteiger partial charge in [0.2, 0.25) is 5.91 Å². The molecule has 4 rings (SSSR count). The van der Waals surface area contributed by atoms with E-state index in [9.17, 15) is 9.59 Å². The summed E-state index contributed by atoms with van der Waals surface area (Å²) in [6.07, 6.45) is 6.81. The summed E-state index contributed by atoms with van der Waals surface area (Å²) < 4.78 is 1.48. The predicted molar refractivity (Wildman–Crippen MR) is 81.7 cm³/mol. The summed E-state index contributed by atoms with van der Waals surface area (Å²) in [6.45, 7) is 1.75. The molecule has 2 aromatic heterocycles. The van der Waals surface area contributed by atoms with Crippen LogP contribution in [0.5, 0.6) is 0 Å². The molecule has 1 saturated heterocycles. The van der Waals surface area contributed by atoms with Gasteiger partial charge in [-0.25, -0.2) is 4.98 Å². The lowest BCUT2D eigenvalue weighted by atomic mass is 10.2. The Labute approximate surface area is 126 Å². The zero-order valence-corrected chi connectivity index (χ0v) is 12.6. The van der Waals surface area contributed by atoms with Gasteiger partial charge in [0.25, 0.3) is 5.56 Å². The van der Waals surface area contributed by atoms with Crippen molar-refractivity contribution in [1.29, 1.82) is 0 Å². The lowest BCUT2D eigenvalue weighted by Gasteiger charge is -2.15. The maximum absolute atomic E-state index is 12.7. The lowest BCUT2D eigenvalue weighted by Crippen LogP contribution is -2.34. The van der Waals surface area contributed by atoms with Crippen LogP contribution in [0.2, 0.25) is 0 Å². The minimum absolute atomic E-state index is 0.0302. The van der Waals surface area contributed by atoms with Crippen molar-refractivity contribution < 1.29 is 4.79 Å². The summed E-state index contributed by atoms with van der Waals surface area (Å²) in [5.74, 6) is 0.0302. The SMILES string of the molecule is O=C(Cn1cnc2sc3c(c2c1=O)CCC3)N1CCCC1. The minimum Gasteiger partial charge on any atom is -0.341 e. The van der Waals surface area contributed by atoms with E-state index in [-0.39, 0.29) is 18.0 Å². The molecule has 0 saturated carbocycles. The Kier molecular flexibility index (Phi) is 3.06. The molecule has 2 aliphatic rings. The van der Waals surface area contributed by atoms with Crippen LogP contribution in [-0.2, 0) is 24.2 Å². The third kappa shape index (κ3) is 2.09. The highest BCUT2D eigenvalue weighted by Crippen LogP contribution is 2.34. The summed E-state index contributed by atoms with van der Waals surface area (Å²) in [7, 11) is 0. The number of hydrogen-bond donors (Lipinski definition) is 0. The number of carbonyl (C=O) groups is 1. The summed E-state index contributed by atoms with van der Waals surface area (Å²) in [5, 5.41) is 0.754. The number of aromatic nitrogens is 2. The quantitative estimate of drug-likeness (QED) is 0.846. The van der Waals surface area contributed by atoms with Gasteiger partial charge in [0.1, 0.15) is 11.4 Å². The predicted octanol–water partition coefficient (Wildman–Crippen LogP) is 1.57. The molecule has 0 radical (unpaired) electrons. The number of rotatable bonds is 2. The van der Waals surface area contributed by atoms with Crippen LogP contribution in [0.4, 0.5) is 0 Å². The van der Waals surface area contributed by atoms with Crippen molar-refractivity contribution in [2.24, 2.45) is 0 Å². The Morgan fingerprint density at radius 2 is 2.05 bits per heavy atom. The summed E-state index contributed by atoms with van der Waals surface area (Å²) >= 11 is 1.63. The second-order valence-corrected chi connectivity index (χ2v) is 6.89. The lowest BCUT2D eigenvalue weighted by molar-refractivity contribution is -0.130. The van der Waals surface area contributed by atoms with Crippen molar-refractivity contribution in [3.63, 3.8) is 0 Å². The topological polar surface area (TPSA) is 55.2 Å². The van der Waals surface area contributed by atoms with Crippen LogP contribution in [0.3, 0.4) is 0 Å². The fourth-order valence-corrected chi connectivity index (χ4v) is 4.56. The largest absolute Gasteiger partial charge is 0.341 e. The number of fused-ring (bicyclic) bond motifs is 3. The molecule has 3 heterocycles. The third-order valence-electron chi connectivity index (χ3n) is 4.46. The monoisotopic (exact) mass is 303 g/mol. The molecule has 2 aromatic rings. The Bertz CT molecular complexity index is 771. The van der Waals surface area contributed by atoms with Gasteiger partial charge in [-0.3, -0.25) is 14.2 Å². The van der Waals surface area contributed by atoms with Gasteiger partial charge in [-0.05, 0) is 37.7 Å². The van der Waals surface area contributed by atoms with Gasteiger partial charge < -0.3 is 4.90 Å². The van der Waals surface area contributed by atoms with E-state index in [0.717, 1.165) is 55.4 Å². The van der Waals surface area contributed by atoms with Gasteiger partial charge >= 0.3 is 0 Å². The average Bonchev–Trinajstić information content (AvgIpc) is 3.16. The van der Waals surface area contributed by atoms with E-state index >= 15 is 0 Å². The standard InChI is InChI=1S/C15H17N3O2S/c19-12(17-6-1-2-7-17)8-18-9-16-14-13(15(18)20)10-4-3-5-11(10)21-14/h9H,1-8H2. The van der Waals surface area contributed by atoms with Gasteiger partial charge in [-0.15, -0.1) is 11.3 Å². The highest BCUT2D eigenvalue weighted by Gasteiger charge is 2.23. The first-order valence-corrected chi connectivity index (χ1v) is 8.33. The molecule has 21 heavy (non-hydrogen) atoms. The Morgan fingerprint density at radius 1 is 1.24 bits per heavy atom. The van der Waals surface area contributed by atoms with Crippen molar-refractivity contribution in [3.8, 4) is 0 Å². The van der Waals surface area contributed by atoms with Crippen molar-refractivity contribution in [3.05, 3.63) is 27.1 Å². The number of thiophene rings is 1. The first-order valence-electron chi connectivity index (χ1n) is 7.51.